The fourth-order valence-electron chi connectivity index (χ4n) is 6.14. The van der Waals surface area contributed by atoms with Crippen LogP contribution in [0.2, 0.25) is 5.02 Å². The number of nitrogens with one attached hydrogen (secondary N) is 1. The Morgan fingerprint density at radius 3 is 2.66 bits per heavy atom. The second kappa shape index (κ2) is 13.1. The fraction of sp³-hybridized carbons (Fsp3) is 0.517. The van der Waals surface area contributed by atoms with E-state index in [1.807, 2.05) is 0 Å². The summed E-state index contributed by atoms with van der Waals surface area (Å²) in [4.78, 5) is 56.2. The second-order valence-electron chi connectivity index (χ2n) is 10.5. The van der Waals surface area contributed by atoms with E-state index in [2.05, 4.69) is 34.4 Å². The minimum Gasteiger partial charge on any atom is -0.460 e. The van der Waals surface area contributed by atoms with Gasteiger partial charge in [0.25, 0.3) is 5.91 Å². The number of alkyl halides is 1. The topological polar surface area (TPSA) is 125 Å². The first-order valence-electron chi connectivity index (χ1n) is 13.6. The van der Waals surface area contributed by atoms with Gasteiger partial charge < -0.3 is 29.7 Å². The first-order chi connectivity index (χ1) is 19.6. The van der Waals surface area contributed by atoms with Crippen LogP contribution in [-0.2, 0) is 28.7 Å². The lowest BCUT2D eigenvalue weighted by molar-refractivity contribution is -0.159. The number of amides is 3. The summed E-state index contributed by atoms with van der Waals surface area (Å²) in [5, 5.41) is 13.1. The molecule has 0 radical (unpaired) electrons. The molecule has 3 aliphatic heterocycles. The largest absolute Gasteiger partial charge is 0.460 e. The van der Waals surface area contributed by atoms with Gasteiger partial charge in [-0.3, -0.25) is 19.2 Å². The third-order valence-corrected chi connectivity index (χ3v) is 8.93. The third kappa shape index (κ3) is 5.95. The van der Waals surface area contributed by atoms with Gasteiger partial charge in [-0.2, -0.15) is 0 Å². The molecule has 0 saturated carbocycles. The highest BCUT2D eigenvalue weighted by Crippen LogP contribution is 2.60. The highest BCUT2D eigenvalue weighted by Gasteiger charge is 2.77. The summed E-state index contributed by atoms with van der Waals surface area (Å²) in [7, 11) is 0. The molecule has 3 amide bonds. The Hall–Kier alpha value is -2.73. The number of hydrogen-bond acceptors (Lipinski definition) is 7. The number of aliphatic hydroxyl groups is 1. The molecule has 1 spiro atoms. The Bertz CT molecular complexity index is 1200. The normalized spacial score (nSPS) is 28.6. The van der Waals surface area contributed by atoms with E-state index in [9.17, 15) is 24.3 Å². The summed E-state index contributed by atoms with van der Waals surface area (Å²) in [5.74, 6) is -3.62. The lowest BCUT2D eigenvalue weighted by atomic mass is 9.70. The smallest absolute Gasteiger partial charge is 0.312 e. The van der Waals surface area contributed by atoms with Gasteiger partial charge in [-0.1, -0.05) is 39.7 Å². The average molecular weight is 653 g/mol. The zero-order chi connectivity index (χ0) is 29.9. The van der Waals surface area contributed by atoms with Crippen LogP contribution in [0.4, 0.5) is 5.69 Å². The molecule has 222 valence electrons. The molecule has 0 aromatic heterocycles. The van der Waals surface area contributed by atoms with E-state index >= 15 is 0 Å². The van der Waals surface area contributed by atoms with Crippen molar-refractivity contribution in [3.05, 3.63) is 54.6 Å². The Balaban J connectivity index is 1.61. The van der Waals surface area contributed by atoms with Gasteiger partial charge in [0.15, 0.2) is 0 Å². The van der Waals surface area contributed by atoms with E-state index in [4.69, 9.17) is 21.1 Å². The number of carbonyl (C=O) groups is 4. The number of nitrogens with zero attached hydrogens (tertiary/aromatic N) is 2. The van der Waals surface area contributed by atoms with Crippen molar-refractivity contribution >= 4 is 56.9 Å². The maximum atomic E-state index is 14.3. The Morgan fingerprint density at radius 1 is 1.32 bits per heavy atom. The summed E-state index contributed by atoms with van der Waals surface area (Å²) in [6.07, 6.45) is 3.00. The average Bonchev–Trinajstić information content (AvgIpc) is 3.53. The number of allylic oxidation sites excluding steroid dienone is 1. The molecule has 12 heteroatoms. The molecule has 0 aliphatic carbocycles. The van der Waals surface area contributed by atoms with Crippen molar-refractivity contribution in [1.82, 2.24) is 10.2 Å². The summed E-state index contributed by atoms with van der Waals surface area (Å²) < 4.78 is 12.1. The maximum Gasteiger partial charge on any atom is 0.312 e. The van der Waals surface area contributed by atoms with Crippen molar-refractivity contribution in [3.63, 3.8) is 0 Å². The molecule has 2 N–H and O–H groups in total. The highest BCUT2D eigenvalue weighted by molar-refractivity contribution is 9.09. The van der Waals surface area contributed by atoms with Gasteiger partial charge in [-0.25, -0.2) is 0 Å². The van der Waals surface area contributed by atoms with Crippen LogP contribution in [0.25, 0.3) is 0 Å². The summed E-state index contributed by atoms with van der Waals surface area (Å²) in [6, 6.07) is 5.63. The third-order valence-electron chi connectivity index (χ3n) is 7.83. The van der Waals surface area contributed by atoms with Crippen LogP contribution in [0.15, 0.2) is 49.6 Å². The lowest BCUT2D eigenvalue weighted by Crippen LogP contribution is -2.57. The zero-order valence-electron chi connectivity index (χ0n) is 22.8. The molecule has 1 aromatic rings. The number of β-amino-alcohol motifs (C(OH)–C–C–N with tert-alkyl or cyclic N) is 1. The fourth-order valence-corrected chi connectivity index (χ4v) is 7.21. The van der Waals surface area contributed by atoms with Crippen LogP contribution < -0.4 is 10.2 Å². The van der Waals surface area contributed by atoms with Gasteiger partial charge in [0.2, 0.25) is 11.8 Å². The highest BCUT2D eigenvalue weighted by atomic mass is 79.9. The van der Waals surface area contributed by atoms with Gasteiger partial charge in [-0.05, 0) is 44.0 Å². The SMILES string of the molecule is C=CCCC(=O)NC[C@@H](C)OC(=O)[C@@H]1[C@H]2O[C@@]3(CC2Br)[C@H](C(=O)N(CC=C)c2ccc(Cl)cc2)N(CCO)C(=O)[C@@H]13. The standard InChI is InChI=1S/C29H35BrClN3O7/c1-4-6-7-21(36)32-16-17(3)40-28(39)22-23-26(37)34(13-14-35)25(29(23)15-20(30)24(22)41-29)27(38)33(12-5-2)19-10-8-18(31)9-11-19/h4-5,8-11,17,20,22-25,35H,1-2,6-7,12-16H2,3H3,(H,32,36)/t17-,20?,22+,23-,24+,25+,29-/m1/s1. The number of anilines is 1. The van der Waals surface area contributed by atoms with Crippen molar-refractivity contribution in [2.24, 2.45) is 11.8 Å². The van der Waals surface area contributed by atoms with Gasteiger partial charge in [0.05, 0.1) is 31.1 Å². The molecule has 1 aromatic carbocycles. The number of esters is 1. The van der Waals surface area contributed by atoms with E-state index in [1.54, 1.807) is 43.3 Å². The number of likely N-dealkylation sites (tertiary alicyclic amines) is 1. The van der Waals surface area contributed by atoms with Crippen LogP contribution in [0.3, 0.4) is 0 Å². The Labute approximate surface area is 252 Å². The summed E-state index contributed by atoms with van der Waals surface area (Å²) >= 11 is 9.68. The molecule has 3 fully saturated rings. The number of halogens is 2. The van der Waals surface area contributed by atoms with Crippen LogP contribution in [0.5, 0.6) is 0 Å². The maximum absolute atomic E-state index is 14.3. The van der Waals surface area contributed by atoms with Gasteiger partial charge in [-0.15, -0.1) is 13.2 Å². The lowest BCUT2D eigenvalue weighted by Gasteiger charge is -2.37. The molecular formula is C29H35BrClN3O7. The van der Waals surface area contributed by atoms with E-state index in [0.29, 0.717) is 23.6 Å². The monoisotopic (exact) mass is 651 g/mol. The number of fused-ring (bicyclic) bond motifs is 1. The first-order valence-corrected chi connectivity index (χ1v) is 14.9. The quantitative estimate of drug-likeness (QED) is 0.191. The molecule has 3 saturated heterocycles. The van der Waals surface area contributed by atoms with Crippen LogP contribution in [-0.4, -0.2) is 88.6 Å². The number of rotatable bonds is 13. The minimum atomic E-state index is -1.31. The van der Waals surface area contributed by atoms with Crippen molar-refractivity contribution < 1.29 is 33.8 Å². The molecule has 7 atom stereocenters. The first kappa shape index (κ1) is 31.2. The number of benzene rings is 1. The molecular weight excluding hydrogens is 618 g/mol. The molecule has 3 heterocycles. The predicted octanol–water partition coefficient (Wildman–Crippen LogP) is 2.61. The molecule has 10 nitrogen and oxygen atoms in total. The minimum absolute atomic E-state index is 0.105. The van der Waals surface area contributed by atoms with Crippen molar-refractivity contribution in [2.75, 3.05) is 31.1 Å². The molecule has 1 unspecified atom stereocenters. The predicted molar refractivity (Wildman–Crippen MR) is 156 cm³/mol. The molecule has 4 rings (SSSR count). The van der Waals surface area contributed by atoms with E-state index in [-0.39, 0.29) is 43.4 Å². The van der Waals surface area contributed by atoms with Gasteiger partial charge in [0, 0.05) is 35.0 Å². The van der Waals surface area contributed by atoms with Crippen LogP contribution >= 0.6 is 27.5 Å². The number of aliphatic hydroxyl groups excluding tert-OH is 1. The van der Waals surface area contributed by atoms with E-state index < -0.39 is 53.5 Å². The number of carbonyl (C=O) groups excluding carboxylic acids is 4. The van der Waals surface area contributed by atoms with Gasteiger partial charge in [0.1, 0.15) is 17.7 Å². The van der Waals surface area contributed by atoms with E-state index in [1.165, 1.54) is 9.80 Å². The molecule has 41 heavy (non-hydrogen) atoms. The van der Waals surface area contributed by atoms with Crippen molar-refractivity contribution in [3.8, 4) is 0 Å². The van der Waals surface area contributed by atoms with Crippen LogP contribution in [0, 0.1) is 11.8 Å². The number of hydrogen-bond donors (Lipinski definition) is 2. The summed E-state index contributed by atoms with van der Waals surface area (Å²) in [5.41, 5.74) is -0.752. The second-order valence-corrected chi connectivity index (χ2v) is 12.1. The van der Waals surface area contributed by atoms with Gasteiger partial charge >= 0.3 is 5.97 Å². The van der Waals surface area contributed by atoms with Crippen molar-refractivity contribution in [1.29, 1.82) is 0 Å². The number of ether oxygens (including phenoxy) is 2. The Morgan fingerprint density at radius 2 is 2.02 bits per heavy atom. The Kier molecular flexibility index (Phi) is 9.94. The summed E-state index contributed by atoms with van der Waals surface area (Å²) in [6.45, 7) is 8.81. The zero-order valence-corrected chi connectivity index (χ0v) is 25.2. The van der Waals surface area contributed by atoms with Crippen LogP contribution in [0.1, 0.15) is 26.2 Å². The molecule has 2 bridgehead atoms. The van der Waals surface area contributed by atoms with Crippen molar-refractivity contribution in [2.45, 2.75) is 54.9 Å². The molecule has 3 aliphatic rings. The van der Waals surface area contributed by atoms with E-state index in [0.717, 1.165) is 0 Å².